The van der Waals surface area contributed by atoms with Gasteiger partial charge in [-0.2, -0.15) is 0 Å². The summed E-state index contributed by atoms with van der Waals surface area (Å²) in [5, 5.41) is 9.75. The Morgan fingerprint density at radius 3 is 2.46 bits per heavy atom. The molecule has 2 heterocycles. The van der Waals surface area contributed by atoms with Gasteiger partial charge in [0.15, 0.2) is 0 Å². The lowest BCUT2D eigenvalue weighted by atomic mass is 9.70. The molecule has 4 aliphatic rings. The molecule has 3 nitrogen and oxygen atoms in total. The Kier molecular flexibility index (Phi) is 3.37. The van der Waals surface area contributed by atoms with Crippen LogP contribution in [-0.2, 0) is 0 Å². The quantitative estimate of drug-likeness (QED) is 0.732. The summed E-state index contributed by atoms with van der Waals surface area (Å²) in [4.78, 5) is 14.5. The first-order valence-corrected chi connectivity index (χ1v) is 10.3. The maximum Gasteiger partial charge on any atom is 0.335 e. The molecule has 2 aromatic rings. The van der Waals surface area contributed by atoms with Crippen LogP contribution in [0.4, 0.5) is 5.69 Å². The van der Waals surface area contributed by atoms with Gasteiger partial charge in [-0.15, -0.1) is 0 Å². The summed E-state index contributed by atoms with van der Waals surface area (Å²) < 4.78 is 0. The zero-order valence-electron chi connectivity index (χ0n) is 15.7. The molecule has 0 bridgehead atoms. The third kappa shape index (κ3) is 2.13. The number of benzene rings is 2. The van der Waals surface area contributed by atoms with E-state index in [0.29, 0.717) is 35.3 Å². The van der Waals surface area contributed by atoms with Crippen molar-refractivity contribution in [3.63, 3.8) is 0 Å². The normalized spacial score (nSPS) is 31.4. The van der Waals surface area contributed by atoms with Crippen LogP contribution in [0.25, 0.3) is 0 Å². The van der Waals surface area contributed by atoms with E-state index in [1.807, 2.05) is 12.1 Å². The van der Waals surface area contributed by atoms with Gasteiger partial charge in [0.25, 0.3) is 0 Å². The highest BCUT2D eigenvalue weighted by molar-refractivity contribution is 5.90. The molecule has 0 saturated heterocycles. The Labute approximate surface area is 165 Å². The molecule has 1 N–H and O–H groups in total. The topological polar surface area (TPSA) is 40.5 Å². The lowest BCUT2D eigenvalue weighted by Crippen LogP contribution is -2.46. The average molecular weight is 369 g/mol. The molecule has 6 rings (SSSR count). The Morgan fingerprint density at radius 2 is 1.68 bits per heavy atom. The van der Waals surface area contributed by atoms with Crippen molar-refractivity contribution >= 4 is 11.7 Å². The predicted octanol–water partition coefficient (Wildman–Crippen LogP) is 5.28. The SMILES string of the molecule is O=C(O)c1cc2c3c(c1)[C@@H]1C=CC[C@@H]1CN3[C@@H](c1ccccc1)[C@@H]1CC=C[C@H]21. The van der Waals surface area contributed by atoms with Gasteiger partial charge in [-0.05, 0) is 53.5 Å². The number of hydrogen-bond acceptors (Lipinski definition) is 2. The molecule has 0 aromatic heterocycles. The molecule has 0 radical (unpaired) electrons. The Morgan fingerprint density at radius 1 is 0.964 bits per heavy atom. The number of fused-ring (bicyclic) bond motifs is 4. The highest BCUT2D eigenvalue weighted by Crippen LogP contribution is 2.58. The smallest absolute Gasteiger partial charge is 0.335 e. The van der Waals surface area contributed by atoms with Crippen LogP contribution >= 0.6 is 0 Å². The number of carboxylic acids is 1. The van der Waals surface area contributed by atoms with E-state index in [1.165, 1.54) is 22.4 Å². The first kappa shape index (κ1) is 16.2. The molecule has 0 unspecified atom stereocenters. The molecule has 2 aromatic carbocycles. The van der Waals surface area contributed by atoms with Gasteiger partial charge < -0.3 is 10.0 Å². The van der Waals surface area contributed by atoms with E-state index in [-0.39, 0.29) is 0 Å². The van der Waals surface area contributed by atoms with Crippen molar-refractivity contribution in [2.75, 3.05) is 11.4 Å². The van der Waals surface area contributed by atoms with Gasteiger partial charge in [0.1, 0.15) is 0 Å². The fraction of sp³-hybridized carbons (Fsp3) is 0.320. The maximum atomic E-state index is 11.9. The standard InChI is InChI=1S/C25H23NO2/c27-25(28)17-12-21-18-9-4-8-16(18)14-26-23(15-6-2-1-3-7-15)20-11-5-10-19(20)22(13-17)24(21)26/h1-7,9-10,12-13,16,18-20,23H,8,11,14H2,(H,27,28)/t16-,18-,19+,20-,23+/m1/s1. The molecule has 2 aliphatic heterocycles. The minimum absolute atomic E-state index is 0.302. The van der Waals surface area contributed by atoms with Crippen LogP contribution in [0.15, 0.2) is 66.8 Å². The minimum Gasteiger partial charge on any atom is -0.478 e. The second kappa shape index (κ2) is 5.84. The number of nitrogens with zero attached hydrogens (tertiary/aromatic N) is 1. The fourth-order valence-electron chi connectivity index (χ4n) is 6.13. The number of carboxylic acid groups (broad SMARTS) is 1. The van der Waals surface area contributed by atoms with E-state index in [1.54, 1.807) is 0 Å². The predicted molar refractivity (Wildman–Crippen MR) is 110 cm³/mol. The summed E-state index contributed by atoms with van der Waals surface area (Å²) >= 11 is 0. The van der Waals surface area contributed by atoms with Crippen LogP contribution < -0.4 is 4.90 Å². The van der Waals surface area contributed by atoms with Crippen LogP contribution in [0, 0.1) is 11.8 Å². The van der Waals surface area contributed by atoms with Gasteiger partial charge in [0.2, 0.25) is 0 Å². The number of allylic oxidation sites excluding steroid dienone is 4. The second-order valence-corrected chi connectivity index (χ2v) is 8.62. The van der Waals surface area contributed by atoms with E-state index in [4.69, 9.17) is 0 Å². The van der Waals surface area contributed by atoms with Gasteiger partial charge in [-0.25, -0.2) is 4.79 Å². The lowest BCUT2D eigenvalue weighted by Gasteiger charge is -2.51. The molecule has 0 saturated carbocycles. The van der Waals surface area contributed by atoms with Crippen molar-refractivity contribution in [1.82, 2.24) is 0 Å². The number of hydrogen-bond donors (Lipinski definition) is 1. The van der Waals surface area contributed by atoms with Gasteiger partial charge in [0.05, 0.1) is 11.6 Å². The molecule has 3 heteroatoms. The number of anilines is 1. The Hall–Kier alpha value is -2.81. The fourth-order valence-corrected chi connectivity index (χ4v) is 6.13. The summed E-state index contributed by atoms with van der Waals surface area (Å²) in [6.07, 6.45) is 11.3. The molecule has 2 aliphatic carbocycles. The van der Waals surface area contributed by atoms with Crippen molar-refractivity contribution in [1.29, 1.82) is 0 Å². The van der Waals surface area contributed by atoms with E-state index in [2.05, 4.69) is 59.5 Å². The van der Waals surface area contributed by atoms with Crippen molar-refractivity contribution in [3.05, 3.63) is 89.0 Å². The molecule has 0 fully saturated rings. The number of aromatic carboxylic acids is 1. The van der Waals surface area contributed by atoms with Crippen LogP contribution in [0.5, 0.6) is 0 Å². The summed E-state index contributed by atoms with van der Waals surface area (Å²) in [6, 6.07) is 15.1. The monoisotopic (exact) mass is 369 g/mol. The Balaban J connectivity index is 1.61. The van der Waals surface area contributed by atoms with Crippen LogP contribution in [0.1, 0.15) is 57.8 Å². The van der Waals surface area contributed by atoms with Crippen LogP contribution in [-0.4, -0.2) is 17.6 Å². The molecular formula is C25H23NO2. The highest BCUT2D eigenvalue weighted by Gasteiger charge is 2.47. The van der Waals surface area contributed by atoms with Crippen molar-refractivity contribution in [2.24, 2.45) is 11.8 Å². The average Bonchev–Trinajstić information content (AvgIpc) is 3.38. The minimum atomic E-state index is -0.821. The molecule has 5 atom stereocenters. The summed E-state index contributed by atoms with van der Waals surface area (Å²) in [6.45, 7) is 1.05. The largest absolute Gasteiger partial charge is 0.478 e. The van der Waals surface area contributed by atoms with E-state index in [9.17, 15) is 9.90 Å². The Bertz CT molecular complexity index is 1010. The zero-order valence-corrected chi connectivity index (χ0v) is 15.7. The molecule has 28 heavy (non-hydrogen) atoms. The number of carbonyl (C=O) groups is 1. The molecule has 140 valence electrons. The van der Waals surface area contributed by atoms with Crippen LogP contribution in [0.3, 0.4) is 0 Å². The van der Waals surface area contributed by atoms with Crippen LogP contribution in [0.2, 0.25) is 0 Å². The molecule has 0 amide bonds. The second-order valence-electron chi connectivity index (χ2n) is 8.62. The number of rotatable bonds is 2. The van der Waals surface area contributed by atoms with Gasteiger partial charge >= 0.3 is 5.97 Å². The maximum absolute atomic E-state index is 11.9. The zero-order chi connectivity index (χ0) is 18.8. The molecule has 0 spiro atoms. The van der Waals surface area contributed by atoms with Crippen molar-refractivity contribution < 1.29 is 9.90 Å². The third-order valence-electron chi connectivity index (χ3n) is 7.24. The lowest BCUT2D eigenvalue weighted by molar-refractivity contribution is 0.0696. The van der Waals surface area contributed by atoms with Gasteiger partial charge in [0, 0.05) is 24.1 Å². The summed E-state index contributed by atoms with van der Waals surface area (Å²) in [7, 11) is 0. The van der Waals surface area contributed by atoms with Crippen molar-refractivity contribution in [2.45, 2.75) is 30.7 Å². The van der Waals surface area contributed by atoms with Gasteiger partial charge in [-0.1, -0.05) is 54.6 Å². The van der Waals surface area contributed by atoms with Crippen molar-refractivity contribution in [3.8, 4) is 0 Å². The summed E-state index contributed by atoms with van der Waals surface area (Å²) in [5.74, 6) is 0.844. The first-order valence-electron chi connectivity index (χ1n) is 10.3. The highest BCUT2D eigenvalue weighted by atomic mass is 16.4. The third-order valence-corrected chi connectivity index (χ3v) is 7.24. The first-order chi connectivity index (χ1) is 13.7. The summed E-state index contributed by atoms with van der Waals surface area (Å²) in [5.41, 5.74) is 5.56. The van der Waals surface area contributed by atoms with E-state index in [0.717, 1.165) is 19.4 Å². The van der Waals surface area contributed by atoms with E-state index < -0.39 is 5.97 Å². The molecular weight excluding hydrogens is 346 g/mol. The van der Waals surface area contributed by atoms with E-state index >= 15 is 0 Å². The van der Waals surface area contributed by atoms with Gasteiger partial charge in [-0.3, -0.25) is 0 Å².